The standard InChI is InChI=1S/C23H32N2O4/c1-21(2,3)29-20(28)25(14-15-10-8-7-9-11-15)24-19(27)17-16-12-13-23(6,18(17)26)22(16,4)5/h7-11,16-17H,12-14H2,1-6H3,(H,24,27)/t16-,17?,23+/m0/s1. The lowest BCUT2D eigenvalue weighted by Crippen LogP contribution is -2.51. The van der Waals surface area contributed by atoms with Crippen LogP contribution >= 0.6 is 0 Å². The molecule has 0 saturated heterocycles. The fraction of sp³-hybridized carbons (Fsp3) is 0.609. The summed E-state index contributed by atoms with van der Waals surface area (Å²) < 4.78 is 5.47. The molecule has 2 bridgehead atoms. The van der Waals surface area contributed by atoms with Gasteiger partial charge in [-0.2, -0.15) is 0 Å². The molecular weight excluding hydrogens is 368 g/mol. The minimum absolute atomic E-state index is 0.0138. The molecule has 0 heterocycles. The maximum absolute atomic E-state index is 13.2. The van der Waals surface area contributed by atoms with Crippen LogP contribution in [0, 0.1) is 22.7 Å². The van der Waals surface area contributed by atoms with Crippen LogP contribution in [0.4, 0.5) is 4.79 Å². The molecule has 2 amide bonds. The number of nitrogens with one attached hydrogen (secondary N) is 1. The molecule has 0 radical (unpaired) electrons. The number of fused-ring (bicyclic) bond motifs is 2. The monoisotopic (exact) mass is 400 g/mol. The van der Waals surface area contributed by atoms with Crippen molar-refractivity contribution in [1.82, 2.24) is 10.4 Å². The molecule has 1 N–H and O–H groups in total. The number of rotatable bonds is 3. The van der Waals surface area contributed by atoms with Gasteiger partial charge in [0.25, 0.3) is 0 Å². The van der Waals surface area contributed by atoms with E-state index in [9.17, 15) is 14.4 Å². The molecule has 2 aliphatic carbocycles. The summed E-state index contributed by atoms with van der Waals surface area (Å²) in [6.07, 6.45) is 1.02. The highest BCUT2D eigenvalue weighted by molar-refractivity contribution is 6.07. The van der Waals surface area contributed by atoms with Crippen molar-refractivity contribution in [1.29, 1.82) is 0 Å². The van der Waals surface area contributed by atoms with E-state index < -0.39 is 28.9 Å². The van der Waals surface area contributed by atoms with E-state index in [4.69, 9.17) is 4.74 Å². The first-order valence-corrected chi connectivity index (χ1v) is 10.3. The fourth-order valence-corrected chi connectivity index (χ4v) is 4.82. The number of carbonyl (C=O) groups excluding carboxylic acids is 3. The van der Waals surface area contributed by atoms with Crippen LogP contribution in [0.1, 0.15) is 59.9 Å². The average Bonchev–Trinajstić information content (AvgIpc) is 2.92. The summed E-state index contributed by atoms with van der Waals surface area (Å²) in [6.45, 7) is 11.6. The van der Waals surface area contributed by atoms with Gasteiger partial charge in [-0.1, -0.05) is 51.1 Å². The first-order valence-electron chi connectivity index (χ1n) is 10.3. The lowest BCUT2D eigenvalue weighted by Gasteiger charge is -2.32. The van der Waals surface area contributed by atoms with Crippen molar-refractivity contribution < 1.29 is 19.1 Å². The highest BCUT2D eigenvalue weighted by Crippen LogP contribution is 2.65. The molecule has 158 valence electrons. The number of ketones is 1. The lowest BCUT2D eigenvalue weighted by molar-refractivity contribution is -0.141. The van der Waals surface area contributed by atoms with Crippen molar-refractivity contribution in [3.8, 4) is 0 Å². The zero-order valence-corrected chi connectivity index (χ0v) is 18.2. The van der Waals surface area contributed by atoms with E-state index in [1.807, 2.05) is 37.3 Å². The average molecular weight is 401 g/mol. The van der Waals surface area contributed by atoms with Crippen molar-refractivity contribution in [3.05, 3.63) is 35.9 Å². The zero-order chi connectivity index (χ0) is 21.6. The number of benzene rings is 1. The van der Waals surface area contributed by atoms with Gasteiger partial charge in [-0.15, -0.1) is 0 Å². The van der Waals surface area contributed by atoms with Crippen LogP contribution in [0.5, 0.6) is 0 Å². The Kier molecular flexibility index (Phi) is 5.26. The number of amides is 2. The summed E-state index contributed by atoms with van der Waals surface area (Å²) in [5.74, 6) is -1.18. The number of hydrogen-bond acceptors (Lipinski definition) is 4. The van der Waals surface area contributed by atoms with Gasteiger partial charge in [0.2, 0.25) is 5.91 Å². The van der Waals surface area contributed by atoms with Crippen molar-refractivity contribution >= 4 is 17.8 Å². The number of ether oxygens (including phenoxy) is 1. The number of hydrogen-bond donors (Lipinski definition) is 1. The molecule has 29 heavy (non-hydrogen) atoms. The molecule has 3 rings (SSSR count). The van der Waals surface area contributed by atoms with Crippen molar-refractivity contribution in [3.63, 3.8) is 0 Å². The molecule has 6 nitrogen and oxygen atoms in total. The summed E-state index contributed by atoms with van der Waals surface area (Å²) in [6, 6.07) is 9.36. The molecule has 1 unspecified atom stereocenters. The van der Waals surface area contributed by atoms with E-state index in [0.29, 0.717) is 0 Å². The third-order valence-corrected chi connectivity index (χ3v) is 6.86. The maximum atomic E-state index is 13.2. The van der Waals surface area contributed by atoms with Gasteiger partial charge in [-0.05, 0) is 50.5 Å². The van der Waals surface area contributed by atoms with E-state index in [2.05, 4.69) is 19.3 Å². The molecule has 1 aromatic rings. The Morgan fingerprint density at radius 2 is 1.79 bits per heavy atom. The minimum atomic E-state index is -0.732. The molecule has 3 atom stereocenters. The van der Waals surface area contributed by atoms with Crippen molar-refractivity contribution in [2.45, 2.75) is 66.5 Å². The molecule has 2 aliphatic rings. The van der Waals surface area contributed by atoms with Gasteiger partial charge in [0, 0.05) is 5.41 Å². The third kappa shape index (κ3) is 3.77. The summed E-state index contributed by atoms with van der Waals surface area (Å²) in [7, 11) is 0. The molecule has 0 aromatic heterocycles. The molecule has 6 heteroatoms. The van der Waals surface area contributed by atoms with E-state index >= 15 is 0 Å². The van der Waals surface area contributed by atoms with E-state index in [1.165, 1.54) is 5.01 Å². The van der Waals surface area contributed by atoms with Crippen LogP contribution in [0.25, 0.3) is 0 Å². The van der Waals surface area contributed by atoms with Crippen LogP contribution in [0.3, 0.4) is 0 Å². The summed E-state index contributed by atoms with van der Waals surface area (Å²) >= 11 is 0. The molecule has 1 aromatic carbocycles. The third-order valence-electron chi connectivity index (χ3n) is 6.86. The highest BCUT2D eigenvalue weighted by Gasteiger charge is 2.68. The van der Waals surface area contributed by atoms with Crippen LogP contribution in [-0.4, -0.2) is 28.4 Å². The predicted molar refractivity (Wildman–Crippen MR) is 109 cm³/mol. The van der Waals surface area contributed by atoms with Gasteiger partial charge in [0.05, 0.1) is 6.54 Å². The van der Waals surface area contributed by atoms with Crippen molar-refractivity contribution in [2.24, 2.45) is 22.7 Å². The van der Waals surface area contributed by atoms with E-state index in [-0.39, 0.29) is 23.7 Å². The smallest absolute Gasteiger partial charge is 0.429 e. The zero-order valence-electron chi connectivity index (χ0n) is 18.2. The summed E-state index contributed by atoms with van der Waals surface area (Å²) in [5, 5.41) is 1.18. The van der Waals surface area contributed by atoms with Crippen LogP contribution in [0.2, 0.25) is 0 Å². The maximum Gasteiger partial charge on any atom is 0.429 e. The first kappa shape index (κ1) is 21.3. The van der Waals surface area contributed by atoms with Gasteiger partial charge in [0.1, 0.15) is 11.5 Å². The molecule has 0 aliphatic heterocycles. The Labute approximate surface area is 173 Å². The Balaban J connectivity index is 1.81. The molecular formula is C23H32N2O4. The Hall–Kier alpha value is -2.37. The second-order valence-corrected chi connectivity index (χ2v) is 10.1. The van der Waals surface area contributed by atoms with Gasteiger partial charge in [0.15, 0.2) is 5.78 Å². The minimum Gasteiger partial charge on any atom is -0.442 e. The number of Topliss-reactive ketones (excluding diaryl/α,β-unsaturated/α-hetero) is 1. The number of carbonyl (C=O) groups is 3. The number of hydrazine groups is 1. The number of nitrogens with zero attached hydrogens (tertiary/aromatic N) is 1. The van der Waals surface area contributed by atoms with Gasteiger partial charge >= 0.3 is 6.09 Å². The summed E-state index contributed by atoms with van der Waals surface area (Å²) in [4.78, 5) is 39.0. The molecule has 0 spiro atoms. The Morgan fingerprint density at radius 3 is 2.31 bits per heavy atom. The predicted octanol–water partition coefficient (Wildman–Crippen LogP) is 4.10. The van der Waals surface area contributed by atoms with Gasteiger partial charge < -0.3 is 4.74 Å². The second kappa shape index (κ2) is 7.15. The largest absolute Gasteiger partial charge is 0.442 e. The van der Waals surface area contributed by atoms with E-state index in [0.717, 1.165) is 18.4 Å². The Bertz CT molecular complexity index is 812. The second-order valence-electron chi connectivity index (χ2n) is 10.1. The van der Waals surface area contributed by atoms with Gasteiger partial charge in [-0.3, -0.25) is 15.0 Å². The topological polar surface area (TPSA) is 75.7 Å². The van der Waals surface area contributed by atoms with Crippen molar-refractivity contribution in [2.75, 3.05) is 0 Å². The molecule has 2 saturated carbocycles. The quantitative estimate of drug-likeness (QED) is 0.612. The lowest BCUT2D eigenvalue weighted by atomic mass is 9.70. The fourth-order valence-electron chi connectivity index (χ4n) is 4.82. The SMILES string of the molecule is CC(C)(C)OC(=O)N(Cc1ccccc1)NC(=O)C1C(=O)[C@@]2(C)CC[C@@H]1C2(C)C. The Morgan fingerprint density at radius 1 is 1.17 bits per heavy atom. The van der Waals surface area contributed by atoms with Gasteiger partial charge in [-0.25, -0.2) is 9.80 Å². The normalized spacial score (nSPS) is 27.6. The first-order chi connectivity index (χ1) is 13.4. The highest BCUT2D eigenvalue weighted by atomic mass is 16.6. The van der Waals surface area contributed by atoms with Crippen LogP contribution < -0.4 is 5.43 Å². The van der Waals surface area contributed by atoms with Crippen LogP contribution in [-0.2, 0) is 20.9 Å². The summed E-state index contributed by atoms with van der Waals surface area (Å²) in [5.41, 5.74) is 2.13. The van der Waals surface area contributed by atoms with E-state index in [1.54, 1.807) is 20.8 Å². The van der Waals surface area contributed by atoms with Crippen LogP contribution in [0.15, 0.2) is 30.3 Å². The molecule has 2 fully saturated rings.